The molecule has 0 unspecified atom stereocenters. The molecule has 0 radical (unpaired) electrons. The predicted octanol–water partition coefficient (Wildman–Crippen LogP) is 5.12. The molecule has 5 rings (SSSR count). The van der Waals surface area contributed by atoms with Crippen molar-refractivity contribution in [3.05, 3.63) is 62.6 Å². The van der Waals surface area contributed by atoms with Crippen molar-refractivity contribution in [1.82, 2.24) is 0 Å². The summed E-state index contributed by atoms with van der Waals surface area (Å²) in [5.41, 5.74) is -0.741. The van der Waals surface area contributed by atoms with Crippen molar-refractivity contribution in [2.24, 2.45) is 5.92 Å². The van der Waals surface area contributed by atoms with E-state index in [1.807, 2.05) is 6.92 Å². The highest BCUT2D eigenvalue weighted by molar-refractivity contribution is 9.10. The number of carbonyl (C=O) groups is 2. The van der Waals surface area contributed by atoms with E-state index in [1.54, 1.807) is 39.2 Å². The second kappa shape index (κ2) is 8.99. The van der Waals surface area contributed by atoms with Gasteiger partial charge in [0, 0.05) is 34.7 Å². The van der Waals surface area contributed by atoms with Gasteiger partial charge in [-0.3, -0.25) is 9.59 Å². The minimum absolute atomic E-state index is 0.133. The Morgan fingerprint density at radius 3 is 2.13 bits per heavy atom. The second-order valence-corrected chi connectivity index (χ2v) is 11.4. The van der Waals surface area contributed by atoms with Gasteiger partial charge in [-0.25, -0.2) is 0 Å². The van der Waals surface area contributed by atoms with E-state index in [-0.39, 0.29) is 23.3 Å². The molecule has 8 nitrogen and oxygen atoms in total. The second-order valence-electron chi connectivity index (χ2n) is 10.6. The number of ether oxygens (including phenoxy) is 3. The number of ketones is 2. The van der Waals surface area contributed by atoms with Crippen LogP contribution in [0.5, 0.6) is 28.7 Å². The average Bonchev–Trinajstić information content (AvgIpc) is 2.89. The van der Waals surface area contributed by atoms with E-state index in [9.17, 15) is 24.9 Å². The third kappa shape index (κ3) is 3.59. The molecule has 0 bridgehead atoms. The first-order valence-electron chi connectivity index (χ1n) is 12.3. The van der Waals surface area contributed by atoms with Crippen LogP contribution in [0.3, 0.4) is 0 Å². The number of phenols is 2. The number of hydrogen-bond acceptors (Lipinski definition) is 8. The fraction of sp³-hybridized carbons (Fsp3) is 0.333. The molecule has 3 N–H and O–H groups in total. The summed E-state index contributed by atoms with van der Waals surface area (Å²) in [6.07, 6.45) is 0.133. The smallest absolute Gasteiger partial charge is 0.206 e. The lowest BCUT2D eigenvalue weighted by atomic mass is 9.52. The van der Waals surface area contributed by atoms with Crippen molar-refractivity contribution < 1.29 is 39.1 Å². The number of rotatable bonds is 4. The lowest BCUT2D eigenvalue weighted by molar-refractivity contribution is -0.0203. The Morgan fingerprint density at radius 2 is 1.51 bits per heavy atom. The molecule has 0 heterocycles. The molecule has 2 aliphatic carbocycles. The molecule has 0 saturated heterocycles. The first-order chi connectivity index (χ1) is 18.3. The van der Waals surface area contributed by atoms with Crippen molar-refractivity contribution in [1.29, 1.82) is 0 Å². The van der Waals surface area contributed by atoms with Gasteiger partial charge in [-0.05, 0) is 69.6 Å². The Bertz CT molecular complexity index is 1570. The number of carbonyl (C=O) groups excluding carboxylic acids is 2. The summed E-state index contributed by atoms with van der Waals surface area (Å²) in [5, 5.41) is 33.0. The Labute approximate surface area is 234 Å². The third-order valence-corrected chi connectivity index (χ3v) is 9.14. The molecule has 0 spiro atoms. The number of phenolic OH excluding ortho intramolecular Hbond substituents is 2. The molecule has 0 aliphatic heterocycles. The number of fused-ring (bicyclic) bond motifs is 3. The summed E-state index contributed by atoms with van der Waals surface area (Å²) < 4.78 is 17.3. The zero-order valence-electron chi connectivity index (χ0n) is 22.4. The number of hydrogen-bond donors (Lipinski definition) is 3. The van der Waals surface area contributed by atoms with Crippen LogP contribution in [0, 0.1) is 12.8 Å². The maximum atomic E-state index is 14.5. The van der Waals surface area contributed by atoms with Gasteiger partial charge < -0.3 is 29.5 Å². The van der Waals surface area contributed by atoms with Crippen LogP contribution < -0.4 is 14.2 Å². The van der Waals surface area contributed by atoms with Crippen LogP contribution in [0.15, 0.2) is 34.8 Å². The summed E-state index contributed by atoms with van der Waals surface area (Å²) in [4.78, 5) is 28.5. The van der Waals surface area contributed by atoms with Crippen LogP contribution in [-0.4, -0.2) is 53.8 Å². The topological polar surface area (TPSA) is 123 Å². The van der Waals surface area contributed by atoms with Gasteiger partial charge in [-0.2, -0.15) is 0 Å². The fourth-order valence-electron chi connectivity index (χ4n) is 6.31. The first kappa shape index (κ1) is 27.0. The van der Waals surface area contributed by atoms with Gasteiger partial charge in [-0.15, -0.1) is 0 Å². The Balaban J connectivity index is 1.86. The Kier molecular flexibility index (Phi) is 6.23. The molecule has 2 aliphatic rings. The number of halogens is 1. The van der Waals surface area contributed by atoms with Crippen molar-refractivity contribution in [3.63, 3.8) is 0 Å². The monoisotopic (exact) mass is 596 g/mol. The van der Waals surface area contributed by atoms with E-state index in [0.717, 1.165) is 11.6 Å². The van der Waals surface area contributed by atoms with E-state index in [4.69, 9.17) is 14.2 Å². The summed E-state index contributed by atoms with van der Waals surface area (Å²) >= 11 is 3.61. The van der Waals surface area contributed by atoms with Crippen molar-refractivity contribution in [2.75, 3.05) is 21.3 Å². The van der Waals surface area contributed by atoms with Crippen LogP contribution in [0.25, 0.3) is 11.1 Å². The van der Waals surface area contributed by atoms with Gasteiger partial charge in [-0.1, -0.05) is 13.8 Å². The van der Waals surface area contributed by atoms with Gasteiger partial charge in [0.05, 0.1) is 31.4 Å². The van der Waals surface area contributed by atoms with Crippen LogP contribution in [0.2, 0.25) is 0 Å². The molecule has 3 aromatic carbocycles. The molecule has 0 saturated carbocycles. The highest BCUT2D eigenvalue weighted by Crippen LogP contribution is 2.56. The maximum Gasteiger partial charge on any atom is 0.206 e. The predicted molar refractivity (Wildman–Crippen MR) is 148 cm³/mol. The standard InChI is InChI=1S/C30H29BrO8/c1-13-7-15(37-4)10-20(38-5)23(13)16-11-21(39-6)26(31)17-12-22-29(2,3)18-8-14(32)9-19(33)25(18)28(35)30(22,36)27(34)24(16)17/h7-11,22,32-33,36H,12H2,1-6H3/t22-,30-/m1/s1. The van der Waals surface area contributed by atoms with E-state index in [2.05, 4.69) is 15.9 Å². The zero-order valence-corrected chi connectivity index (χ0v) is 24.0. The minimum Gasteiger partial charge on any atom is -0.508 e. The molecule has 0 amide bonds. The Morgan fingerprint density at radius 1 is 0.872 bits per heavy atom. The molecular weight excluding hydrogens is 568 g/mol. The highest BCUT2D eigenvalue weighted by Gasteiger charge is 2.64. The third-order valence-electron chi connectivity index (χ3n) is 8.27. The largest absolute Gasteiger partial charge is 0.508 e. The van der Waals surface area contributed by atoms with E-state index in [0.29, 0.717) is 44.0 Å². The summed E-state index contributed by atoms with van der Waals surface area (Å²) in [5.74, 6) is -1.81. The van der Waals surface area contributed by atoms with Gasteiger partial charge in [0.15, 0.2) is 5.60 Å². The Hall–Kier alpha value is -3.56. The van der Waals surface area contributed by atoms with Crippen molar-refractivity contribution in [2.45, 2.75) is 38.2 Å². The quantitative estimate of drug-likeness (QED) is 0.355. The summed E-state index contributed by atoms with van der Waals surface area (Å²) in [6, 6.07) is 7.63. The molecule has 2 atom stereocenters. The molecule has 39 heavy (non-hydrogen) atoms. The van der Waals surface area contributed by atoms with Crippen molar-refractivity contribution in [3.8, 4) is 39.9 Å². The zero-order chi connectivity index (χ0) is 28.6. The number of aryl methyl sites for hydroxylation is 1. The van der Waals surface area contributed by atoms with Crippen LogP contribution in [0.1, 0.15) is 51.3 Å². The van der Waals surface area contributed by atoms with E-state index in [1.165, 1.54) is 20.3 Å². The lowest BCUT2D eigenvalue weighted by Crippen LogP contribution is -2.64. The molecule has 204 valence electrons. The number of methoxy groups -OCH3 is 3. The van der Waals surface area contributed by atoms with Gasteiger partial charge in [0.1, 0.15) is 28.7 Å². The van der Waals surface area contributed by atoms with E-state index < -0.39 is 34.2 Å². The maximum absolute atomic E-state index is 14.5. The van der Waals surface area contributed by atoms with Gasteiger partial charge in [0.2, 0.25) is 11.6 Å². The molecule has 0 fully saturated rings. The fourth-order valence-corrected chi connectivity index (χ4v) is 6.94. The SMILES string of the molecule is COc1cc(C)c(-c2cc(OC)c(Br)c3c2C(=O)[C@@]2(O)C(=O)c4c(O)cc(O)cc4C(C)(C)[C@H]2C3)c(OC)c1. The minimum atomic E-state index is -2.46. The normalized spacial score (nSPS) is 21.1. The molecule has 9 heteroatoms. The summed E-state index contributed by atoms with van der Waals surface area (Å²) in [7, 11) is 4.57. The molecule has 3 aromatic rings. The first-order valence-corrected chi connectivity index (χ1v) is 13.1. The summed E-state index contributed by atoms with van der Waals surface area (Å²) in [6.45, 7) is 5.43. The van der Waals surface area contributed by atoms with Crippen LogP contribution in [0.4, 0.5) is 0 Å². The lowest BCUT2D eigenvalue weighted by Gasteiger charge is -2.51. The number of aliphatic hydroxyl groups is 1. The van der Waals surface area contributed by atoms with Crippen LogP contribution >= 0.6 is 15.9 Å². The van der Waals surface area contributed by atoms with Crippen LogP contribution in [-0.2, 0) is 11.8 Å². The van der Waals surface area contributed by atoms with Crippen molar-refractivity contribution >= 4 is 27.5 Å². The average molecular weight is 597 g/mol. The van der Waals surface area contributed by atoms with E-state index >= 15 is 0 Å². The van der Waals surface area contributed by atoms with Gasteiger partial charge >= 0.3 is 0 Å². The van der Waals surface area contributed by atoms with Gasteiger partial charge in [0.25, 0.3) is 0 Å². The number of Topliss-reactive ketones (excluding diaryl/α,β-unsaturated/α-hetero) is 2. The molecular formula is C30H29BrO8. The molecule has 0 aromatic heterocycles. The number of benzene rings is 3. The highest BCUT2D eigenvalue weighted by atomic mass is 79.9. The number of aromatic hydroxyl groups is 2.